The average Bonchev–Trinajstić information content (AvgIpc) is 3.30. The number of methoxy groups -OCH3 is 1. The first kappa shape index (κ1) is 23.8. The number of hydrazone groups is 1. The van der Waals surface area contributed by atoms with E-state index in [9.17, 15) is 9.18 Å². The van der Waals surface area contributed by atoms with E-state index in [-0.39, 0.29) is 23.8 Å². The Bertz CT molecular complexity index is 1470. The van der Waals surface area contributed by atoms with Crippen molar-refractivity contribution < 1.29 is 18.7 Å². The molecule has 2 aliphatic rings. The van der Waals surface area contributed by atoms with Gasteiger partial charge >= 0.3 is 0 Å². The summed E-state index contributed by atoms with van der Waals surface area (Å²) in [6, 6.07) is 18.4. The Balaban J connectivity index is 1.38. The third-order valence-corrected chi connectivity index (χ3v) is 6.64. The van der Waals surface area contributed by atoms with Crippen LogP contribution in [0.5, 0.6) is 11.5 Å². The summed E-state index contributed by atoms with van der Waals surface area (Å²) in [6.45, 7) is 0.232. The van der Waals surface area contributed by atoms with E-state index in [1.54, 1.807) is 42.5 Å². The molecular weight excluding hydrogens is 503 g/mol. The third-order valence-electron chi connectivity index (χ3n) is 5.37. The van der Waals surface area contributed by atoms with E-state index in [0.717, 1.165) is 5.56 Å². The predicted molar refractivity (Wildman–Crippen MR) is 139 cm³/mol. The number of amidine groups is 2. The van der Waals surface area contributed by atoms with E-state index in [1.807, 2.05) is 18.2 Å². The van der Waals surface area contributed by atoms with Crippen LogP contribution >= 0.6 is 23.4 Å². The normalized spacial score (nSPS) is 16.1. The van der Waals surface area contributed by atoms with Gasteiger partial charge in [-0.15, -0.1) is 0 Å². The lowest BCUT2D eigenvalue weighted by Crippen LogP contribution is -2.35. The molecule has 0 aromatic heterocycles. The van der Waals surface area contributed by atoms with Gasteiger partial charge in [-0.3, -0.25) is 10.2 Å². The number of halogens is 2. The highest BCUT2D eigenvalue weighted by Crippen LogP contribution is 2.34. The molecule has 3 aromatic carbocycles. The van der Waals surface area contributed by atoms with Crippen molar-refractivity contribution in [2.24, 2.45) is 10.1 Å². The molecule has 3 aromatic rings. The molecule has 2 heterocycles. The minimum absolute atomic E-state index is 0.0878. The van der Waals surface area contributed by atoms with Crippen LogP contribution in [0.1, 0.15) is 16.7 Å². The first-order chi connectivity index (χ1) is 17.4. The topological polar surface area (TPSA) is 87.3 Å². The summed E-state index contributed by atoms with van der Waals surface area (Å²) in [6.07, 6.45) is 1.56. The molecule has 0 unspecified atom stereocenters. The first-order valence-corrected chi connectivity index (χ1v) is 11.9. The van der Waals surface area contributed by atoms with Crippen molar-refractivity contribution in [2.45, 2.75) is 6.61 Å². The van der Waals surface area contributed by atoms with E-state index in [0.29, 0.717) is 37.9 Å². The highest BCUT2D eigenvalue weighted by molar-refractivity contribution is 8.27. The molecule has 36 heavy (non-hydrogen) atoms. The fraction of sp³-hybridized carbons (Fsp3) is 0.0769. The number of hydrogen-bond donors (Lipinski definition) is 1. The van der Waals surface area contributed by atoms with E-state index in [4.69, 9.17) is 26.5 Å². The molecule has 0 saturated heterocycles. The number of ether oxygens (including phenoxy) is 2. The van der Waals surface area contributed by atoms with Crippen LogP contribution in [-0.2, 0) is 11.4 Å². The number of nitrogens with zero attached hydrogens (tertiary/aromatic N) is 3. The SMILES string of the molecule is COc1cc(/C=C2/C(=N)N3N=C(c4ccccc4Cl)SC3=NC2=O)ccc1OCc1ccc(F)cc1. The number of thioether (sulfide) groups is 1. The molecule has 1 amide bonds. The Hall–Kier alpha value is -3.95. The molecule has 5 rings (SSSR count). The van der Waals surface area contributed by atoms with Gasteiger partial charge in [0, 0.05) is 5.56 Å². The standard InChI is InChI=1S/C26H18ClFN4O3S/c1-34-22-13-16(8-11-21(22)35-14-15-6-9-17(28)10-7-15)12-19-23(29)32-26(30-24(19)33)36-25(31-32)18-4-2-3-5-20(18)27/h2-13,29H,14H2,1H3/b19-12-,29-23?. The van der Waals surface area contributed by atoms with Gasteiger partial charge in [0.1, 0.15) is 17.5 Å². The maximum atomic E-state index is 13.1. The lowest BCUT2D eigenvalue weighted by Gasteiger charge is -2.20. The Morgan fingerprint density at radius 3 is 2.64 bits per heavy atom. The fourth-order valence-electron chi connectivity index (χ4n) is 3.54. The quantitative estimate of drug-likeness (QED) is 0.419. The van der Waals surface area contributed by atoms with Crippen LogP contribution in [0.15, 0.2) is 82.4 Å². The van der Waals surface area contributed by atoms with E-state index >= 15 is 0 Å². The number of nitrogens with one attached hydrogen (secondary N) is 1. The molecule has 0 atom stereocenters. The molecule has 0 aliphatic carbocycles. The summed E-state index contributed by atoms with van der Waals surface area (Å²) in [5, 5.41) is 15.8. The molecule has 0 spiro atoms. The molecule has 0 fully saturated rings. The summed E-state index contributed by atoms with van der Waals surface area (Å²) in [7, 11) is 1.51. The summed E-state index contributed by atoms with van der Waals surface area (Å²) in [5.74, 6) is -0.00752. The lowest BCUT2D eigenvalue weighted by molar-refractivity contribution is -0.114. The van der Waals surface area contributed by atoms with Crippen LogP contribution in [0, 0.1) is 11.2 Å². The molecule has 0 bridgehead atoms. The number of benzene rings is 3. The number of carbonyl (C=O) groups excluding carboxylic acids is 1. The molecule has 10 heteroatoms. The van der Waals surface area contributed by atoms with Crippen molar-refractivity contribution in [1.29, 1.82) is 5.41 Å². The summed E-state index contributed by atoms with van der Waals surface area (Å²) < 4.78 is 24.4. The highest BCUT2D eigenvalue weighted by atomic mass is 35.5. The third kappa shape index (κ3) is 4.75. The molecule has 0 saturated carbocycles. The number of carbonyl (C=O) groups is 1. The number of aliphatic imine (C=N–C) groups is 1. The monoisotopic (exact) mass is 520 g/mol. The Kier molecular flexibility index (Phi) is 6.58. The molecule has 7 nitrogen and oxygen atoms in total. The highest BCUT2D eigenvalue weighted by Gasteiger charge is 2.36. The van der Waals surface area contributed by atoms with Gasteiger partial charge in [0.05, 0.1) is 17.7 Å². The van der Waals surface area contributed by atoms with Gasteiger partial charge < -0.3 is 9.47 Å². The lowest BCUT2D eigenvalue weighted by atomic mass is 10.1. The zero-order valence-corrected chi connectivity index (χ0v) is 20.4. The summed E-state index contributed by atoms with van der Waals surface area (Å²) in [4.78, 5) is 16.9. The Morgan fingerprint density at radius 1 is 1.11 bits per heavy atom. The van der Waals surface area contributed by atoms with Crippen LogP contribution in [0.3, 0.4) is 0 Å². The van der Waals surface area contributed by atoms with Gasteiger partial charge in [0.25, 0.3) is 5.91 Å². The van der Waals surface area contributed by atoms with Crippen LogP contribution in [0.25, 0.3) is 6.08 Å². The van der Waals surface area contributed by atoms with Gasteiger partial charge in [0.2, 0.25) is 5.17 Å². The second kappa shape index (κ2) is 9.96. The number of hydrogen-bond acceptors (Lipinski definition) is 6. The van der Waals surface area contributed by atoms with Crippen LogP contribution in [0.4, 0.5) is 4.39 Å². The number of fused-ring (bicyclic) bond motifs is 1. The Labute approximate surface area is 215 Å². The minimum Gasteiger partial charge on any atom is -0.493 e. The van der Waals surface area contributed by atoms with Gasteiger partial charge in [-0.25, -0.2) is 4.39 Å². The van der Waals surface area contributed by atoms with Gasteiger partial charge in [0.15, 0.2) is 17.3 Å². The van der Waals surface area contributed by atoms with Crippen LogP contribution in [0.2, 0.25) is 5.02 Å². The Morgan fingerprint density at radius 2 is 1.89 bits per heavy atom. The molecule has 180 valence electrons. The molecular formula is C26H18ClFN4O3S. The fourth-order valence-corrected chi connectivity index (χ4v) is 4.75. The second-order valence-corrected chi connectivity index (χ2v) is 9.09. The maximum Gasteiger partial charge on any atom is 0.283 e. The van der Waals surface area contributed by atoms with E-state index in [1.165, 1.54) is 36.0 Å². The predicted octanol–water partition coefficient (Wildman–Crippen LogP) is 5.73. The first-order valence-electron chi connectivity index (χ1n) is 10.7. The maximum absolute atomic E-state index is 13.1. The van der Waals surface area contributed by atoms with Gasteiger partial charge in [-0.05, 0) is 59.3 Å². The van der Waals surface area contributed by atoms with E-state index in [2.05, 4.69) is 10.1 Å². The minimum atomic E-state index is -0.537. The molecule has 0 radical (unpaired) electrons. The zero-order valence-electron chi connectivity index (χ0n) is 18.9. The largest absolute Gasteiger partial charge is 0.493 e. The van der Waals surface area contributed by atoms with Crippen molar-refractivity contribution in [3.8, 4) is 11.5 Å². The molecule has 2 aliphatic heterocycles. The van der Waals surface area contributed by atoms with E-state index < -0.39 is 5.91 Å². The molecule has 1 N–H and O–H groups in total. The summed E-state index contributed by atoms with van der Waals surface area (Å²) in [5.41, 5.74) is 2.22. The van der Waals surface area contributed by atoms with Crippen molar-refractivity contribution >= 4 is 51.4 Å². The van der Waals surface area contributed by atoms with Crippen molar-refractivity contribution in [3.63, 3.8) is 0 Å². The van der Waals surface area contributed by atoms with Gasteiger partial charge in [-0.1, -0.05) is 48.0 Å². The second-order valence-electron chi connectivity index (χ2n) is 7.73. The van der Waals surface area contributed by atoms with Crippen LogP contribution < -0.4 is 9.47 Å². The average molecular weight is 521 g/mol. The number of amides is 1. The zero-order chi connectivity index (χ0) is 25.2. The smallest absolute Gasteiger partial charge is 0.283 e. The van der Waals surface area contributed by atoms with Crippen molar-refractivity contribution in [2.75, 3.05) is 7.11 Å². The van der Waals surface area contributed by atoms with Crippen molar-refractivity contribution in [1.82, 2.24) is 5.01 Å². The number of rotatable bonds is 6. The van der Waals surface area contributed by atoms with Crippen LogP contribution in [-0.4, -0.2) is 34.1 Å². The summed E-state index contributed by atoms with van der Waals surface area (Å²) >= 11 is 7.47. The van der Waals surface area contributed by atoms with Crippen molar-refractivity contribution in [3.05, 3.63) is 99.8 Å². The van der Waals surface area contributed by atoms with Gasteiger partial charge in [-0.2, -0.15) is 15.1 Å².